The summed E-state index contributed by atoms with van der Waals surface area (Å²) in [4.78, 5) is 29.8. The summed E-state index contributed by atoms with van der Waals surface area (Å²) in [6.07, 6.45) is 6.90. The maximum Gasteiger partial charge on any atom is 0.333 e. The molecule has 32 heavy (non-hydrogen) atoms. The van der Waals surface area contributed by atoms with Gasteiger partial charge in [0.25, 0.3) is 0 Å². The number of rotatable bonds is 13. The Morgan fingerprint density at radius 1 is 1.09 bits per heavy atom. The van der Waals surface area contributed by atoms with Crippen LogP contribution >= 0.6 is 0 Å². The number of urea groups is 1. The number of ether oxygens (including phenoxy) is 1. The average Bonchev–Trinajstić information content (AvgIpc) is 2.81. The van der Waals surface area contributed by atoms with Gasteiger partial charge in [-0.1, -0.05) is 56.9 Å². The van der Waals surface area contributed by atoms with E-state index in [1.807, 2.05) is 30.3 Å². The molecule has 1 atom stereocenters. The number of hydrogen-bond acceptors (Lipinski definition) is 4. The molecule has 2 amide bonds. The molecule has 2 rings (SSSR count). The lowest BCUT2D eigenvalue weighted by Crippen LogP contribution is -2.37. The minimum atomic E-state index is -0.965. The molecule has 0 aliphatic rings. The van der Waals surface area contributed by atoms with Gasteiger partial charge >= 0.3 is 12.0 Å². The zero-order chi connectivity index (χ0) is 23.3. The van der Waals surface area contributed by atoms with E-state index in [2.05, 4.69) is 17.2 Å². The summed E-state index contributed by atoms with van der Waals surface area (Å²) in [7, 11) is 1.74. The smallest absolute Gasteiger partial charge is 0.333 e. The van der Waals surface area contributed by atoms with E-state index in [4.69, 9.17) is 4.74 Å². The van der Waals surface area contributed by atoms with Gasteiger partial charge in [-0.3, -0.25) is 9.88 Å². The number of amides is 2. The monoisotopic (exact) mass is 441 g/mol. The highest BCUT2D eigenvalue weighted by Gasteiger charge is 2.18. The normalized spacial score (nSPS) is 11.7. The molecule has 0 aliphatic carbocycles. The Hall–Kier alpha value is -2.93. The van der Waals surface area contributed by atoms with Crippen molar-refractivity contribution in [3.8, 4) is 11.3 Å². The lowest BCUT2D eigenvalue weighted by molar-refractivity contribution is -0.149. The molecule has 1 unspecified atom stereocenters. The molecule has 0 saturated carbocycles. The molecule has 0 fully saturated rings. The predicted octanol–water partition coefficient (Wildman–Crippen LogP) is 4.90. The molecule has 0 aliphatic heterocycles. The van der Waals surface area contributed by atoms with Gasteiger partial charge in [0, 0.05) is 44.1 Å². The minimum absolute atomic E-state index is 0.136. The number of carbonyl (C=O) groups is 2. The Balaban J connectivity index is 1.98. The number of nitrogens with one attached hydrogen (secondary N) is 1. The van der Waals surface area contributed by atoms with E-state index >= 15 is 0 Å². The predicted molar refractivity (Wildman–Crippen MR) is 127 cm³/mol. The van der Waals surface area contributed by atoms with Crippen molar-refractivity contribution in [1.29, 1.82) is 0 Å². The van der Waals surface area contributed by atoms with Gasteiger partial charge in [-0.15, -0.1) is 0 Å². The first-order valence-corrected chi connectivity index (χ1v) is 11.4. The second-order valence-electron chi connectivity index (χ2n) is 7.79. The summed E-state index contributed by atoms with van der Waals surface area (Å²) < 4.78 is 5.28. The first-order chi connectivity index (χ1) is 15.5. The van der Waals surface area contributed by atoms with Crippen LogP contribution in [-0.2, 0) is 16.0 Å². The Kier molecular flexibility index (Phi) is 10.7. The highest BCUT2D eigenvalue weighted by atomic mass is 16.5. The Morgan fingerprint density at radius 3 is 2.47 bits per heavy atom. The molecule has 1 heterocycles. The van der Waals surface area contributed by atoms with Crippen LogP contribution in [0.5, 0.6) is 0 Å². The van der Waals surface area contributed by atoms with Gasteiger partial charge in [-0.2, -0.15) is 0 Å². The molecular formula is C25H35N3O4. The lowest BCUT2D eigenvalue weighted by Gasteiger charge is -2.19. The SMILES string of the molecule is CCCCCCCNC(=O)N(C)c1ccnc(-c2ccc(CC(OCC)C(=O)O)cc2)c1. The number of carboxylic acids is 1. The van der Waals surface area contributed by atoms with Gasteiger partial charge in [0.15, 0.2) is 6.10 Å². The molecule has 174 valence electrons. The number of hydrogen-bond donors (Lipinski definition) is 2. The highest BCUT2D eigenvalue weighted by Crippen LogP contribution is 2.23. The molecule has 0 spiro atoms. The maximum absolute atomic E-state index is 12.5. The van der Waals surface area contributed by atoms with Crippen molar-refractivity contribution in [1.82, 2.24) is 10.3 Å². The van der Waals surface area contributed by atoms with Crippen molar-refractivity contribution in [3.63, 3.8) is 0 Å². The van der Waals surface area contributed by atoms with Crippen LogP contribution in [0.25, 0.3) is 11.3 Å². The van der Waals surface area contributed by atoms with Gasteiger partial charge < -0.3 is 15.2 Å². The second kappa shape index (κ2) is 13.5. The van der Waals surface area contributed by atoms with E-state index in [9.17, 15) is 14.7 Å². The van der Waals surface area contributed by atoms with Crippen LogP contribution in [0.15, 0.2) is 42.6 Å². The van der Waals surface area contributed by atoms with E-state index in [-0.39, 0.29) is 6.03 Å². The summed E-state index contributed by atoms with van der Waals surface area (Å²) in [6.45, 7) is 4.99. The summed E-state index contributed by atoms with van der Waals surface area (Å²) in [5.74, 6) is -0.965. The van der Waals surface area contributed by atoms with Crippen molar-refractivity contribution >= 4 is 17.7 Å². The van der Waals surface area contributed by atoms with Crippen molar-refractivity contribution in [2.45, 2.75) is 58.5 Å². The Labute approximate surface area is 190 Å². The van der Waals surface area contributed by atoms with Gasteiger partial charge in [0.05, 0.1) is 5.69 Å². The standard InChI is InChI=1S/C25H35N3O4/c1-4-6-7-8-9-15-27-25(31)28(3)21-14-16-26-22(18-21)20-12-10-19(11-13-20)17-23(24(29)30)32-5-2/h10-14,16,18,23H,4-9,15,17H2,1-3H3,(H,27,31)(H,29,30). The zero-order valence-corrected chi connectivity index (χ0v) is 19.3. The largest absolute Gasteiger partial charge is 0.479 e. The molecule has 2 N–H and O–H groups in total. The first-order valence-electron chi connectivity index (χ1n) is 11.4. The van der Waals surface area contributed by atoms with Gasteiger partial charge in [-0.05, 0) is 31.0 Å². The molecule has 2 aromatic rings. The maximum atomic E-state index is 12.5. The van der Waals surface area contributed by atoms with E-state index in [1.165, 1.54) is 19.3 Å². The molecule has 0 bridgehead atoms. The summed E-state index contributed by atoms with van der Waals surface area (Å²) in [5.41, 5.74) is 3.27. The van der Waals surface area contributed by atoms with Crippen molar-refractivity contribution in [2.75, 3.05) is 25.1 Å². The molecule has 0 radical (unpaired) electrons. The Morgan fingerprint density at radius 2 is 1.81 bits per heavy atom. The van der Waals surface area contributed by atoms with Crippen molar-refractivity contribution < 1.29 is 19.4 Å². The van der Waals surface area contributed by atoms with Crippen LogP contribution in [0, 0.1) is 0 Å². The minimum Gasteiger partial charge on any atom is -0.479 e. The number of anilines is 1. The molecule has 1 aromatic heterocycles. The number of pyridine rings is 1. The van der Waals surface area contributed by atoms with Crippen LogP contribution < -0.4 is 10.2 Å². The van der Waals surface area contributed by atoms with E-state index < -0.39 is 12.1 Å². The third-order valence-corrected chi connectivity index (χ3v) is 5.31. The molecule has 0 saturated heterocycles. The van der Waals surface area contributed by atoms with Gasteiger partial charge in [0.1, 0.15) is 0 Å². The third kappa shape index (κ3) is 7.96. The van der Waals surface area contributed by atoms with Crippen LogP contribution in [0.1, 0.15) is 51.5 Å². The van der Waals surface area contributed by atoms with E-state index in [1.54, 1.807) is 31.1 Å². The van der Waals surface area contributed by atoms with Crippen LogP contribution in [0.4, 0.5) is 10.5 Å². The molecule has 7 nitrogen and oxygen atoms in total. The number of carboxylic acid groups (broad SMARTS) is 1. The average molecular weight is 442 g/mol. The van der Waals surface area contributed by atoms with Gasteiger partial charge in [0.2, 0.25) is 0 Å². The number of aromatic nitrogens is 1. The highest BCUT2D eigenvalue weighted by molar-refractivity contribution is 5.91. The molecule has 7 heteroatoms. The summed E-state index contributed by atoms with van der Waals surface area (Å²) in [5, 5.41) is 12.2. The summed E-state index contributed by atoms with van der Waals surface area (Å²) >= 11 is 0. The number of nitrogens with zero attached hydrogens (tertiary/aromatic N) is 2. The fourth-order valence-corrected chi connectivity index (χ4v) is 3.39. The van der Waals surface area contributed by atoms with E-state index in [0.29, 0.717) is 19.6 Å². The molecular weight excluding hydrogens is 406 g/mol. The first kappa shape index (κ1) is 25.3. The zero-order valence-electron chi connectivity index (χ0n) is 19.3. The quantitative estimate of drug-likeness (QED) is 0.432. The molecule has 1 aromatic carbocycles. The van der Waals surface area contributed by atoms with Crippen LogP contribution in [0.2, 0.25) is 0 Å². The van der Waals surface area contributed by atoms with E-state index in [0.717, 1.165) is 35.3 Å². The topological polar surface area (TPSA) is 91.8 Å². The lowest BCUT2D eigenvalue weighted by atomic mass is 10.0. The van der Waals surface area contributed by atoms with Crippen LogP contribution in [-0.4, -0.2) is 48.4 Å². The third-order valence-electron chi connectivity index (χ3n) is 5.31. The second-order valence-corrected chi connectivity index (χ2v) is 7.79. The number of carbonyl (C=O) groups excluding carboxylic acids is 1. The van der Waals surface area contributed by atoms with Crippen LogP contribution in [0.3, 0.4) is 0 Å². The number of aliphatic carboxylic acids is 1. The van der Waals surface area contributed by atoms with Gasteiger partial charge in [-0.25, -0.2) is 9.59 Å². The number of unbranched alkanes of at least 4 members (excludes halogenated alkanes) is 4. The number of benzene rings is 1. The Bertz CT molecular complexity index is 855. The fourth-order valence-electron chi connectivity index (χ4n) is 3.39. The fraction of sp³-hybridized carbons (Fsp3) is 0.480. The van der Waals surface area contributed by atoms with Crippen molar-refractivity contribution in [3.05, 3.63) is 48.2 Å². The summed E-state index contributed by atoms with van der Waals surface area (Å²) in [6, 6.07) is 11.1. The van der Waals surface area contributed by atoms with Crippen molar-refractivity contribution in [2.24, 2.45) is 0 Å².